The summed E-state index contributed by atoms with van der Waals surface area (Å²) < 4.78 is 22.7. The summed E-state index contributed by atoms with van der Waals surface area (Å²) in [6.07, 6.45) is -0.718. The molecule has 1 aromatic carbocycles. The minimum atomic E-state index is -0.718. The summed E-state index contributed by atoms with van der Waals surface area (Å²) in [5.41, 5.74) is 0.677. The van der Waals surface area contributed by atoms with Gasteiger partial charge in [0.15, 0.2) is 0 Å². The molecule has 0 aromatic heterocycles. The average Bonchev–Trinajstić information content (AvgIpc) is 2.27. The van der Waals surface area contributed by atoms with Crippen molar-refractivity contribution < 1.29 is 18.7 Å². The van der Waals surface area contributed by atoms with Crippen LogP contribution in [0.4, 0.5) is 10.1 Å². The van der Waals surface area contributed by atoms with Crippen molar-refractivity contribution in [1.29, 1.82) is 0 Å². The summed E-state index contributed by atoms with van der Waals surface area (Å²) in [5, 5.41) is 2.96. The van der Waals surface area contributed by atoms with Crippen LogP contribution < -0.4 is 10.1 Å². The van der Waals surface area contributed by atoms with Crippen molar-refractivity contribution in [2.45, 2.75) is 6.10 Å². The molecule has 1 aliphatic rings. The SMILES string of the molecule is COC(=O)C1CNc2ccc(F)cc2O1. The van der Waals surface area contributed by atoms with Crippen molar-refractivity contribution in [1.82, 2.24) is 0 Å². The van der Waals surface area contributed by atoms with E-state index < -0.39 is 17.9 Å². The van der Waals surface area contributed by atoms with E-state index in [4.69, 9.17) is 4.74 Å². The molecule has 0 amide bonds. The van der Waals surface area contributed by atoms with Gasteiger partial charge in [-0.05, 0) is 12.1 Å². The van der Waals surface area contributed by atoms with Crippen LogP contribution in [-0.4, -0.2) is 25.7 Å². The Kier molecular flexibility index (Phi) is 2.45. The lowest BCUT2D eigenvalue weighted by Crippen LogP contribution is -2.38. The zero-order valence-corrected chi connectivity index (χ0v) is 8.12. The van der Waals surface area contributed by atoms with Crippen LogP contribution in [0.25, 0.3) is 0 Å². The molecule has 80 valence electrons. The fraction of sp³-hybridized carbons (Fsp3) is 0.300. The van der Waals surface area contributed by atoms with Gasteiger partial charge in [0.05, 0.1) is 19.3 Å². The Morgan fingerprint density at radius 3 is 3.20 bits per heavy atom. The first-order chi connectivity index (χ1) is 7.20. The largest absolute Gasteiger partial charge is 0.475 e. The second-order valence-electron chi connectivity index (χ2n) is 3.15. The smallest absolute Gasteiger partial charge is 0.348 e. The lowest BCUT2D eigenvalue weighted by Gasteiger charge is -2.25. The first kappa shape index (κ1) is 9.76. The Morgan fingerprint density at radius 1 is 1.67 bits per heavy atom. The molecule has 2 rings (SSSR count). The second-order valence-corrected chi connectivity index (χ2v) is 3.15. The highest BCUT2D eigenvalue weighted by Crippen LogP contribution is 2.29. The monoisotopic (exact) mass is 211 g/mol. The lowest BCUT2D eigenvalue weighted by atomic mass is 10.2. The predicted octanol–water partition coefficient (Wildman–Crippen LogP) is 1.17. The molecule has 0 saturated heterocycles. The summed E-state index contributed by atoms with van der Waals surface area (Å²) in [6.45, 7) is 0.325. The molecular formula is C10H10FNO3. The van der Waals surface area contributed by atoms with Crippen molar-refractivity contribution >= 4 is 11.7 Å². The number of hydrogen-bond acceptors (Lipinski definition) is 4. The van der Waals surface area contributed by atoms with Crippen molar-refractivity contribution in [2.24, 2.45) is 0 Å². The van der Waals surface area contributed by atoms with Gasteiger partial charge in [-0.15, -0.1) is 0 Å². The Bertz CT molecular complexity index is 394. The van der Waals surface area contributed by atoms with Gasteiger partial charge in [0, 0.05) is 6.07 Å². The third-order valence-electron chi connectivity index (χ3n) is 2.15. The second kappa shape index (κ2) is 3.76. The first-order valence-electron chi connectivity index (χ1n) is 4.48. The van der Waals surface area contributed by atoms with Gasteiger partial charge >= 0.3 is 5.97 Å². The van der Waals surface area contributed by atoms with Crippen molar-refractivity contribution in [3.8, 4) is 5.75 Å². The average molecular weight is 211 g/mol. The number of halogens is 1. The molecular weight excluding hydrogens is 201 g/mol. The Morgan fingerprint density at radius 2 is 2.47 bits per heavy atom. The number of hydrogen-bond donors (Lipinski definition) is 1. The summed E-state index contributed by atoms with van der Waals surface area (Å²) in [7, 11) is 1.28. The molecule has 1 unspecified atom stereocenters. The number of carbonyl (C=O) groups is 1. The van der Waals surface area contributed by atoms with Gasteiger partial charge in [0.25, 0.3) is 0 Å². The standard InChI is InChI=1S/C10H10FNO3/c1-14-10(13)9-5-12-7-3-2-6(11)4-8(7)15-9/h2-4,9,12H,5H2,1H3. The number of carbonyl (C=O) groups excluding carboxylic acids is 1. The van der Waals surface area contributed by atoms with Gasteiger partial charge < -0.3 is 14.8 Å². The van der Waals surface area contributed by atoms with Gasteiger partial charge in [-0.1, -0.05) is 0 Å². The quantitative estimate of drug-likeness (QED) is 0.708. The molecule has 15 heavy (non-hydrogen) atoms. The van der Waals surface area contributed by atoms with Crippen molar-refractivity contribution in [3.05, 3.63) is 24.0 Å². The number of fused-ring (bicyclic) bond motifs is 1. The number of rotatable bonds is 1. The van der Waals surface area contributed by atoms with Crippen molar-refractivity contribution in [2.75, 3.05) is 19.0 Å². The first-order valence-corrected chi connectivity index (χ1v) is 4.48. The van der Waals surface area contributed by atoms with E-state index in [2.05, 4.69) is 10.1 Å². The fourth-order valence-corrected chi connectivity index (χ4v) is 1.40. The van der Waals surface area contributed by atoms with Crippen molar-refractivity contribution in [3.63, 3.8) is 0 Å². The van der Waals surface area contributed by atoms with Crippen LogP contribution in [0.2, 0.25) is 0 Å². The van der Waals surface area contributed by atoms with Gasteiger partial charge in [-0.3, -0.25) is 0 Å². The summed E-state index contributed by atoms with van der Waals surface area (Å²) in [6, 6.07) is 4.13. The summed E-state index contributed by atoms with van der Waals surface area (Å²) in [5.74, 6) is -0.546. The maximum atomic E-state index is 12.9. The van der Waals surface area contributed by atoms with Crippen LogP contribution in [0.1, 0.15) is 0 Å². The minimum Gasteiger partial charge on any atom is -0.475 e. The normalized spacial score (nSPS) is 18.4. The van der Waals surface area contributed by atoms with E-state index in [1.54, 1.807) is 6.07 Å². The Labute approximate surface area is 86.0 Å². The molecule has 1 aliphatic heterocycles. The van der Waals surface area contributed by atoms with Gasteiger partial charge in [-0.2, -0.15) is 0 Å². The van der Waals surface area contributed by atoms with Crippen LogP contribution in [0.3, 0.4) is 0 Å². The minimum absolute atomic E-state index is 0.325. The van der Waals surface area contributed by atoms with Gasteiger partial charge in [-0.25, -0.2) is 9.18 Å². The maximum Gasteiger partial charge on any atom is 0.348 e. The molecule has 0 fully saturated rings. The molecule has 4 nitrogen and oxygen atoms in total. The van der Waals surface area contributed by atoms with Crippen LogP contribution in [0.5, 0.6) is 5.75 Å². The Hall–Kier alpha value is -1.78. The number of methoxy groups -OCH3 is 1. The van der Waals surface area contributed by atoms with Crippen LogP contribution in [0.15, 0.2) is 18.2 Å². The molecule has 1 N–H and O–H groups in total. The number of nitrogens with one attached hydrogen (secondary N) is 1. The number of benzene rings is 1. The van der Waals surface area contributed by atoms with Gasteiger partial charge in [0.1, 0.15) is 11.6 Å². The Balaban J connectivity index is 2.22. The topological polar surface area (TPSA) is 47.6 Å². The van der Waals surface area contributed by atoms with Gasteiger partial charge in [0.2, 0.25) is 6.10 Å². The lowest BCUT2D eigenvalue weighted by molar-refractivity contribution is -0.148. The third kappa shape index (κ3) is 1.86. The van der Waals surface area contributed by atoms with E-state index in [0.717, 1.165) is 0 Å². The van der Waals surface area contributed by atoms with E-state index >= 15 is 0 Å². The molecule has 0 radical (unpaired) electrons. The van der Waals surface area contributed by atoms with E-state index in [9.17, 15) is 9.18 Å². The highest BCUT2D eigenvalue weighted by atomic mass is 19.1. The third-order valence-corrected chi connectivity index (χ3v) is 2.15. The van der Waals surface area contributed by atoms with Crippen LogP contribution in [-0.2, 0) is 9.53 Å². The molecule has 1 heterocycles. The van der Waals surface area contributed by atoms with Crippen LogP contribution >= 0.6 is 0 Å². The fourth-order valence-electron chi connectivity index (χ4n) is 1.40. The number of anilines is 1. The molecule has 0 saturated carbocycles. The number of ether oxygens (including phenoxy) is 2. The molecule has 1 atom stereocenters. The number of esters is 1. The zero-order valence-electron chi connectivity index (χ0n) is 8.12. The predicted molar refractivity (Wildman–Crippen MR) is 51.3 cm³/mol. The highest BCUT2D eigenvalue weighted by Gasteiger charge is 2.26. The van der Waals surface area contributed by atoms with E-state index in [1.807, 2.05) is 0 Å². The highest BCUT2D eigenvalue weighted by molar-refractivity contribution is 5.77. The van der Waals surface area contributed by atoms with E-state index in [0.29, 0.717) is 18.0 Å². The zero-order chi connectivity index (χ0) is 10.8. The summed E-state index contributed by atoms with van der Waals surface area (Å²) in [4.78, 5) is 11.2. The van der Waals surface area contributed by atoms with E-state index in [1.165, 1.54) is 19.2 Å². The van der Waals surface area contributed by atoms with E-state index in [-0.39, 0.29) is 0 Å². The molecule has 0 spiro atoms. The maximum absolute atomic E-state index is 12.9. The molecule has 0 bridgehead atoms. The molecule has 0 aliphatic carbocycles. The molecule has 5 heteroatoms. The molecule has 1 aromatic rings. The van der Waals surface area contributed by atoms with Crippen LogP contribution in [0, 0.1) is 5.82 Å². The summed E-state index contributed by atoms with van der Waals surface area (Å²) >= 11 is 0.